The van der Waals surface area contributed by atoms with Crippen molar-refractivity contribution in [2.24, 2.45) is 0 Å². The molecule has 0 bridgehead atoms. The van der Waals surface area contributed by atoms with E-state index in [1.54, 1.807) is 0 Å². The summed E-state index contributed by atoms with van der Waals surface area (Å²) >= 11 is 3.73. The molecule has 0 N–H and O–H groups in total. The average molecular weight is 828 g/mol. The molecule has 10 aromatic rings. The highest BCUT2D eigenvalue weighted by Crippen LogP contribution is 2.46. The van der Waals surface area contributed by atoms with Crippen LogP contribution < -0.4 is 14.7 Å². The minimum Gasteiger partial charge on any atom is -0.344 e. The fourth-order valence-electron chi connectivity index (χ4n) is 9.11. The third-order valence-corrected chi connectivity index (χ3v) is 14.5. The van der Waals surface area contributed by atoms with Crippen molar-refractivity contribution in [2.75, 3.05) is 21.7 Å². The summed E-state index contributed by atoms with van der Waals surface area (Å²) in [5.74, 6) is 0. The summed E-state index contributed by atoms with van der Waals surface area (Å²) in [6, 6.07) is 57.2. The summed E-state index contributed by atoms with van der Waals surface area (Å²) in [5, 5.41) is 5.09. The number of rotatable bonds is 8. The van der Waals surface area contributed by atoms with Crippen LogP contribution in [0.2, 0.25) is 0 Å². The summed E-state index contributed by atoms with van der Waals surface area (Å²) in [6.45, 7) is 15.3. The molecule has 0 radical (unpaired) electrons. The van der Waals surface area contributed by atoms with Gasteiger partial charge in [0.05, 0.1) is 0 Å². The van der Waals surface area contributed by atoms with E-state index in [9.17, 15) is 0 Å². The lowest BCUT2D eigenvalue weighted by Crippen LogP contribution is -2.11. The number of aryl methyl sites for hydroxylation is 7. The Kier molecular flexibility index (Phi) is 9.70. The summed E-state index contributed by atoms with van der Waals surface area (Å²) < 4.78 is 5.15. The Bertz CT molecular complexity index is 3320. The molecule has 0 aliphatic carbocycles. The first-order valence-electron chi connectivity index (χ1n) is 21.0. The van der Waals surface area contributed by atoms with Gasteiger partial charge in [0.25, 0.3) is 0 Å². The topological polar surface area (TPSA) is 9.72 Å². The first-order chi connectivity index (χ1) is 29.5. The molecular formula is C56H49N3S2. The SMILES string of the molecule is Cc1ccc(N(c2ccc3sc4ccc(N(c5ccc6sc7ccc(N(C)c8ccc(C)cc8C)cc7c6c5)c5ccc(C)cc5C)cc4c3c2)c2ccc(C)cc2C)cc1. The number of nitrogens with zero attached hydrogens (tertiary/aromatic N) is 3. The molecule has 0 atom stereocenters. The molecule has 0 saturated heterocycles. The Morgan fingerprint density at radius 3 is 1.00 bits per heavy atom. The van der Waals surface area contributed by atoms with E-state index >= 15 is 0 Å². The summed E-state index contributed by atoms with van der Waals surface area (Å²) in [4.78, 5) is 7.19. The molecule has 2 aromatic heterocycles. The van der Waals surface area contributed by atoms with Crippen LogP contribution in [0.15, 0.2) is 152 Å². The lowest BCUT2D eigenvalue weighted by atomic mass is 10.0. The summed E-state index contributed by atoms with van der Waals surface area (Å²) in [6.07, 6.45) is 0. The van der Waals surface area contributed by atoms with Gasteiger partial charge in [-0.1, -0.05) is 70.8 Å². The number of thiophene rings is 2. The second-order valence-corrected chi connectivity index (χ2v) is 19.0. The highest BCUT2D eigenvalue weighted by molar-refractivity contribution is 7.26. The van der Waals surface area contributed by atoms with Gasteiger partial charge in [-0.3, -0.25) is 0 Å². The number of anilines is 8. The van der Waals surface area contributed by atoms with Gasteiger partial charge in [0.1, 0.15) is 0 Å². The second-order valence-electron chi connectivity index (χ2n) is 16.9. The van der Waals surface area contributed by atoms with Crippen molar-refractivity contribution in [1.82, 2.24) is 0 Å². The van der Waals surface area contributed by atoms with Crippen molar-refractivity contribution in [3.8, 4) is 0 Å². The van der Waals surface area contributed by atoms with Crippen LogP contribution in [-0.2, 0) is 0 Å². The van der Waals surface area contributed by atoms with Gasteiger partial charge >= 0.3 is 0 Å². The van der Waals surface area contributed by atoms with Crippen LogP contribution in [0, 0.1) is 48.5 Å². The molecule has 5 heteroatoms. The average Bonchev–Trinajstić information content (AvgIpc) is 3.80. The van der Waals surface area contributed by atoms with Crippen LogP contribution in [-0.4, -0.2) is 7.05 Å². The van der Waals surface area contributed by atoms with Crippen molar-refractivity contribution < 1.29 is 0 Å². The molecule has 0 aliphatic heterocycles. The van der Waals surface area contributed by atoms with E-state index in [0.717, 1.165) is 22.7 Å². The Morgan fingerprint density at radius 1 is 0.295 bits per heavy atom. The first-order valence-corrected chi connectivity index (χ1v) is 22.7. The zero-order valence-corrected chi connectivity index (χ0v) is 37.7. The van der Waals surface area contributed by atoms with E-state index in [-0.39, 0.29) is 0 Å². The molecule has 3 nitrogen and oxygen atoms in total. The molecule has 0 amide bonds. The van der Waals surface area contributed by atoms with E-state index in [1.807, 2.05) is 22.7 Å². The number of hydrogen-bond donors (Lipinski definition) is 0. The highest BCUT2D eigenvalue weighted by Gasteiger charge is 2.21. The highest BCUT2D eigenvalue weighted by atomic mass is 32.1. The van der Waals surface area contributed by atoms with Crippen molar-refractivity contribution in [3.05, 3.63) is 191 Å². The van der Waals surface area contributed by atoms with E-state index in [2.05, 4.69) is 222 Å². The van der Waals surface area contributed by atoms with Crippen LogP contribution >= 0.6 is 22.7 Å². The van der Waals surface area contributed by atoms with Gasteiger partial charge in [0, 0.05) is 92.9 Å². The first kappa shape index (κ1) is 38.8. The largest absolute Gasteiger partial charge is 0.344 e. The molecule has 0 saturated carbocycles. The lowest BCUT2D eigenvalue weighted by Gasteiger charge is -2.28. The summed E-state index contributed by atoms with van der Waals surface area (Å²) in [7, 11) is 2.18. The van der Waals surface area contributed by atoms with Gasteiger partial charge in [0.2, 0.25) is 0 Å². The minimum atomic E-state index is 1.14. The number of benzene rings is 8. The van der Waals surface area contributed by atoms with Gasteiger partial charge in [0.15, 0.2) is 0 Å². The zero-order chi connectivity index (χ0) is 42.1. The van der Waals surface area contributed by atoms with Crippen LogP contribution in [0.4, 0.5) is 45.5 Å². The maximum atomic E-state index is 2.46. The Hall–Kier alpha value is -6.40. The van der Waals surface area contributed by atoms with Crippen molar-refractivity contribution in [3.63, 3.8) is 0 Å². The van der Waals surface area contributed by atoms with E-state index in [4.69, 9.17) is 0 Å². The Balaban J connectivity index is 1.12. The fraction of sp³-hybridized carbons (Fsp3) is 0.143. The smallest absolute Gasteiger partial charge is 0.0490 e. The second kappa shape index (κ2) is 15.3. The van der Waals surface area contributed by atoms with Crippen LogP contribution in [0.3, 0.4) is 0 Å². The Morgan fingerprint density at radius 2 is 0.607 bits per heavy atom. The molecular weight excluding hydrogens is 779 g/mol. The normalized spacial score (nSPS) is 11.6. The van der Waals surface area contributed by atoms with Gasteiger partial charge in [-0.25, -0.2) is 0 Å². The molecule has 61 heavy (non-hydrogen) atoms. The molecule has 10 rings (SSSR count). The quantitative estimate of drug-likeness (QED) is 0.151. The van der Waals surface area contributed by atoms with Crippen LogP contribution in [0.1, 0.15) is 38.9 Å². The Labute approximate surface area is 367 Å². The molecule has 0 fully saturated rings. The third kappa shape index (κ3) is 7.02. The molecule has 2 heterocycles. The van der Waals surface area contributed by atoms with Gasteiger partial charge in [-0.05, 0) is 168 Å². The van der Waals surface area contributed by atoms with Crippen molar-refractivity contribution in [2.45, 2.75) is 48.5 Å². The van der Waals surface area contributed by atoms with Crippen molar-refractivity contribution in [1.29, 1.82) is 0 Å². The summed E-state index contributed by atoms with van der Waals surface area (Å²) in [5.41, 5.74) is 18.2. The molecule has 0 aliphatic rings. The predicted molar refractivity (Wildman–Crippen MR) is 269 cm³/mol. The molecule has 0 spiro atoms. The van der Waals surface area contributed by atoms with Gasteiger partial charge in [-0.2, -0.15) is 0 Å². The molecule has 300 valence electrons. The van der Waals surface area contributed by atoms with Gasteiger partial charge < -0.3 is 14.7 Å². The van der Waals surface area contributed by atoms with E-state index < -0.39 is 0 Å². The zero-order valence-electron chi connectivity index (χ0n) is 36.1. The van der Waals surface area contributed by atoms with Crippen LogP contribution in [0.5, 0.6) is 0 Å². The number of fused-ring (bicyclic) bond motifs is 6. The van der Waals surface area contributed by atoms with Crippen molar-refractivity contribution >= 4 is 109 Å². The fourth-order valence-corrected chi connectivity index (χ4v) is 11.2. The van der Waals surface area contributed by atoms with Crippen LogP contribution in [0.25, 0.3) is 40.3 Å². The minimum absolute atomic E-state index is 1.14. The van der Waals surface area contributed by atoms with E-state index in [0.29, 0.717) is 0 Å². The maximum absolute atomic E-state index is 2.46. The molecule has 8 aromatic carbocycles. The molecule has 0 unspecified atom stereocenters. The lowest BCUT2D eigenvalue weighted by molar-refractivity contribution is 1.18. The maximum Gasteiger partial charge on any atom is 0.0490 e. The van der Waals surface area contributed by atoms with Gasteiger partial charge in [-0.15, -0.1) is 22.7 Å². The predicted octanol–water partition coefficient (Wildman–Crippen LogP) is 17.3. The number of hydrogen-bond acceptors (Lipinski definition) is 5. The monoisotopic (exact) mass is 827 g/mol. The third-order valence-electron chi connectivity index (χ3n) is 12.2. The van der Waals surface area contributed by atoms with E-state index in [1.165, 1.54) is 102 Å². The standard InChI is InChI=1S/C56H49N3S2/c1-34-9-14-41(15-10-34)58(51-21-12-36(3)28-39(51)6)43-17-24-55-48(31-43)49-33-45(19-26-56(49)61-55)59(52-22-13-37(4)29-40(52)7)44-18-25-54-47(32-44)46-30-42(16-23-53(46)60-54)57(8)50-20-11-35(2)27-38(50)5/h9-33H,1-8H3.